The molecule has 118 valence electrons. The molecule has 0 spiro atoms. The quantitative estimate of drug-likeness (QED) is 0.778. The van der Waals surface area contributed by atoms with Crippen molar-refractivity contribution in [3.8, 4) is 0 Å². The van der Waals surface area contributed by atoms with Crippen LogP contribution >= 0.6 is 15.9 Å². The summed E-state index contributed by atoms with van der Waals surface area (Å²) < 4.78 is 27.5. The highest BCUT2D eigenvalue weighted by Gasteiger charge is 2.20. The van der Waals surface area contributed by atoms with Crippen LogP contribution in [0.2, 0.25) is 0 Å². The molecule has 1 saturated heterocycles. The molecule has 0 aromatic heterocycles. The fraction of sp³-hybridized carbons (Fsp3) is 0.600. The van der Waals surface area contributed by atoms with Crippen molar-refractivity contribution in [2.75, 3.05) is 19.6 Å². The first-order chi connectivity index (χ1) is 10.0. The van der Waals surface area contributed by atoms with Crippen molar-refractivity contribution in [2.45, 2.75) is 42.5 Å². The first-order valence-electron chi connectivity index (χ1n) is 7.41. The standard InChI is InChI=1S/C15H23BrN2O2S/c1-13(12-18-9-3-2-4-10-18)17-21(19,20)15-7-5-14(11-16)6-8-15/h5-8,13,17H,2-4,9-12H2,1H3. The van der Waals surface area contributed by atoms with E-state index in [1.54, 1.807) is 12.1 Å². The number of likely N-dealkylation sites (tertiary alicyclic amines) is 1. The maximum atomic E-state index is 12.3. The van der Waals surface area contributed by atoms with Gasteiger partial charge in [0, 0.05) is 17.9 Å². The summed E-state index contributed by atoms with van der Waals surface area (Å²) in [4.78, 5) is 2.67. The van der Waals surface area contributed by atoms with Crippen molar-refractivity contribution >= 4 is 26.0 Å². The maximum absolute atomic E-state index is 12.3. The molecule has 21 heavy (non-hydrogen) atoms. The van der Waals surface area contributed by atoms with Gasteiger partial charge in [-0.1, -0.05) is 34.5 Å². The molecule has 1 unspecified atom stereocenters. The van der Waals surface area contributed by atoms with Gasteiger partial charge in [0.05, 0.1) is 4.90 Å². The summed E-state index contributed by atoms with van der Waals surface area (Å²) >= 11 is 3.36. The molecule has 0 amide bonds. The van der Waals surface area contributed by atoms with Crippen LogP contribution in [0.3, 0.4) is 0 Å². The monoisotopic (exact) mass is 374 g/mol. The lowest BCUT2D eigenvalue weighted by Crippen LogP contribution is -2.43. The van der Waals surface area contributed by atoms with Gasteiger partial charge in [-0.25, -0.2) is 13.1 Å². The number of hydrogen-bond acceptors (Lipinski definition) is 3. The molecule has 0 aliphatic carbocycles. The van der Waals surface area contributed by atoms with E-state index in [1.807, 2.05) is 19.1 Å². The van der Waals surface area contributed by atoms with Crippen LogP contribution in [0.25, 0.3) is 0 Å². The fourth-order valence-corrected chi connectivity index (χ4v) is 4.27. The molecular formula is C15H23BrN2O2S. The number of rotatable bonds is 6. The Hall–Kier alpha value is -0.430. The summed E-state index contributed by atoms with van der Waals surface area (Å²) in [6, 6.07) is 6.90. The minimum atomic E-state index is -3.43. The number of sulfonamides is 1. The van der Waals surface area contributed by atoms with Gasteiger partial charge in [0.2, 0.25) is 10.0 Å². The second-order valence-corrected chi connectivity index (χ2v) is 7.94. The smallest absolute Gasteiger partial charge is 0.240 e. The summed E-state index contributed by atoms with van der Waals surface area (Å²) in [5, 5.41) is 0.728. The molecule has 0 radical (unpaired) electrons. The second kappa shape index (κ2) is 7.72. The molecule has 1 aromatic rings. The lowest BCUT2D eigenvalue weighted by Gasteiger charge is -2.29. The highest BCUT2D eigenvalue weighted by Crippen LogP contribution is 2.14. The minimum Gasteiger partial charge on any atom is -0.302 e. The largest absolute Gasteiger partial charge is 0.302 e. The van der Waals surface area contributed by atoms with Gasteiger partial charge in [-0.15, -0.1) is 0 Å². The predicted molar refractivity (Wildman–Crippen MR) is 89.1 cm³/mol. The Morgan fingerprint density at radius 3 is 2.38 bits per heavy atom. The average molecular weight is 375 g/mol. The summed E-state index contributed by atoms with van der Waals surface area (Å²) in [6.45, 7) is 4.86. The molecule has 1 aromatic carbocycles. The van der Waals surface area contributed by atoms with E-state index in [4.69, 9.17) is 0 Å². The normalized spacial score (nSPS) is 18.6. The molecule has 0 bridgehead atoms. The van der Waals surface area contributed by atoms with Gasteiger partial charge < -0.3 is 4.90 Å². The molecule has 1 fully saturated rings. The van der Waals surface area contributed by atoms with Crippen LogP contribution in [0, 0.1) is 0 Å². The van der Waals surface area contributed by atoms with Crippen LogP contribution in [0.15, 0.2) is 29.2 Å². The van der Waals surface area contributed by atoms with Crippen LogP contribution in [-0.4, -0.2) is 39.0 Å². The summed E-state index contributed by atoms with van der Waals surface area (Å²) in [6.07, 6.45) is 3.72. The molecular weight excluding hydrogens is 352 g/mol. The number of benzene rings is 1. The van der Waals surface area contributed by atoms with Crippen molar-refractivity contribution in [1.29, 1.82) is 0 Å². The van der Waals surface area contributed by atoms with Gasteiger partial charge >= 0.3 is 0 Å². The van der Waals surface area contributed by atoms with Crippen molar-refractivity contribution < 1.29 is 8.42 Å². The summed E-state index contributed by atoms with van der Waals surface area (Å²) in [5.74, 6) is 0. The minimum absolute atomic E-state index is 0.0797. The average Bonchev–Trinajstić information content (AvgIpc) is 2.47. The zero-order chi connectivity index (χ0) is 15.3. The van der Waals surface area contributed by atoms with E-state index >= 15 is 0 Å². The second-order valence-electron chi connectivity index (χ2n) is 5.66. The lowest BCUT2D eigenvalue weighted by molar-refractivity contribution is 0.215. The van der Waals surface area contributed by atoms with Crippen molar-refractivity contribution in [2.24, 2.45) is 0 Å². The zero-order valence-corrected chi connectivity index (χ0v) is 14.8. The first-order valence-corrected chi connectivity index (χ1v) is 10.0. The maximum Gasteiger partial charge on any atom is 0.240 e. The molecule has 1 N–H and O–H groups in total. The SMILES string of the molecule is CC(CN1CCCCC1)NS(=O)(=O)c1ccc(CBr)cc1. The van der Waals surface area contributed by atoms with E-state index in [0.29, 0.717) is 4.90 Å². The van der Waals surface area contributed by atoms with Gasteiger partial charge in [-0.3, -0.25) is 0 Å². The summed E-state index contributed by atoms with van der Waals surface area (Å²) in [7, 11) is -3.43. The Balaban J connectivity index is 1.95. The lowest BCUT2D eigenvalue weighted by atomic mass is 10.1. The topological polar surface area (TPSA) is 49.4 Å². The third-order valence-electron chi connectivity index (χ3n) is 3.73. The Bertz CT molecular complexity index is 539. The molecule has 1 aliphatic rings. The third-order valence-corrected chi connectivity index (χ3v) is 5.98. The van der Waals surface area contributed by atoms with E-state index in [0.717, 1.165) is 30.5 Å². The van der Waals surface area contributed by atoms with Crippen molar-refractivity contribution in [3.63, 3.8) is 0 Å². The van der Waals surface area contributed by atoms with Gasteiger partial charge in [-0.2, -0.15) is 0 Å². The Morgan fingerprint density at radius 2 is 1.81 bits per heavy atom. The van der Waals surface area contributed by atoms with E-state index in [1.165, 1.54) is 19.3 Å². The number of halogens is 1. The highest BCUT2D eigenvalue weighted by molar-refractivity contribution is 9.08. The molecule has 0 saturated carbocycles. The van der Waals surface area contributed by atoms with Gasteiger partial charge in [0.15, 0.2) is 0 Å². The van der Waals surface area contributed by atoms with Crippen LogP contribution in [0.4, 0.5) is 0 Å². The molecule has 2 rings (SSSR count). The third kappa shape index (κ3) is 5.06. The number of alkyl halides is 1. The van der Waals surface area contributed by atoms with E-state index in [2.05, 4.69) is 25.6 Å². The number of nitrogens with one attached hydrogen (secondary N) is 1. The molecule has 1 atom stereocenters. The Kier molecular flexibility index (Phi) is 6.22. The summed E-state index contributed by atoms with van der Waals surface area (Å²) in [5.41, 5.74) is 1.07. The zero-order valence-electron chi connectivity index (χ0n) is 12.4. The van der Waals surface area contributed by atoms with E-state index < -0.39 is 10.0 Å². The fourth-order valence-electron chi connectivity index (χ4n) is 2.66. The predicted octanol–water partition coefficient (Wildman–Crippen LogP) is 2.73. The molecule has 6 heteroatoms. The van der Waals surface area contributed by atoms with Gasteiger partial charge in [-0.05, 0) is 50.6 Å². The van der Waals surface area contributed by atoms with E-state index in [-0.39, 0.29) is 6.04 Å². The van der Waals surface area contributed by atoms with Crippen molar-refractivity contribution in [1.82, 2.24) is 9.62 Å². The molecule has 1 heterocycles. The van der Waals surface area contributed by atoms with Crippen LogP contribution in [0.5, 0.6) is 0 Å². The van der Waals surface area contributed by atoms with Crippen molar-refractivity contribution in [3.05, 3.63) is 29.8 Å². The number of nitrogens with zero attached hydrogens (tertiary/aromatic N) is 1. The van der Waals surface area contributed by atoms with Crippen LogP contribution in [-0.2, 0) is 15.4 Å². The van der Waals surface area contributed by atoms with Gasteiger partial charge in [0.25, 0.3) is 0 Å². The highest BCUT2D eigenvalue weighted by atomic mass is 79.9. The van der Waals surface area contributed by atoms with Gasteiger partial charge in [0.1, 0.15) is 0 Å². The molecule has 4 nitrogen and oxygen atoms in total. The molecule has 1 aliphatic heterocycles. The van der Waals surface area contributed by atoms with Crippen LogP contribution < -0.4 is 4.72 Å². The Morgan fingerprint density at radius 1 is 1.19 bits per heavy atom. The number of hydrogen-bond donors (Lipinski definition) is 1. The number of piperidine rings is 1. The van der Waals surface area contributed by atoms with Crippen LogP contribution in [0.1, 0.15) is 31.7 Å². The first kappa shape index (κ1) is 16.9. The van der Waals surface area contributed by atoms with E-state index in [9.17, 15) is 8.42 Å². The Labute approximate surface area is 136 Å².